The molecule has 242 valence electrons. The first-order valence-electron chi connectivity index (χ1n) is 14.9. The van der Waals surface area contributed by atoms with Gasteiger partial charge in [-0.05, 0) is 49.9 Å². The van der Waals surface area contributed by atoms with E-state index in [4.69, 9.17) is 23.3 Å². The molecule has 12 nitrogen and oxygen atoms in total. The van der Waals surface area contributed by atoms with Crippen LogP contribution in [0.5, 0.6) is 0 Å². The molecule has 0 spiro atoms. The zero-order valence-corrected chi connectivity index (χ0v) is 26.2. The molecular formula is C28H48N2O10S2. The van der Waals surface area contributed by atoms with Gasteiger partial charge in [0.2, 0.25) is 0 Å². The molecule has 1 aromatic rings. The van der Waals surface area contributed by atoms with E-state index >= 15 is 0 Å². The Balaban J connectivity index is 1.69. The molecule has 0 aromatic heterocycles. The third-order valence-electron chi connectivity index (χ3n) is 6.90. The highest BCUT2D eigenvalue weighted by molar-refractivity contribution is 7.86. The van der Waals surface area contributed by atoms with Crippen molar-refractivity contribution in [1.29, 1.82) is 0 Å². The van der Waals surface area contributed by atoms with Gasteiger partial charge in [-0.25, -0.2) is 4.79 Å². The van der Waals surface area contributed by atoms with Crippen LogP contribution in [-0.4, -0.2) is 82.2 Å². The number of hydrogen-bond donors (Lipinski definition) is 3. The molecule has 1 heterocycles. The fraction of sp³-hybridized carbons (Fsp3) is 0.750. The number of benzene rings is 1. The van der Waals surface area contributed by atoms with Gasteiger partial charge in [0.15, 0.2) is 6.29 Å². The molecule has 1 aliphatic rings. The van der Waals surface area contributed by atoms with Gasteiger partial charge in [-0.2, -0.15) is 16.8 Å². The molecule has 2 unspecified atom stereocenters. The topological polar surface area (TPSA) is 169 Å². The van der Waals surface area contributed by atoms with Gasteiger partial charge in [-0.3, -0.25) is 14.4 Å². The Morgan fingerprint density at radius 2 is 1.43 bits per heavy atom. The number of carbonyl (C=O) groups is 1. The Kier molecular flexibility index (Phi) is 16.7. The van der Waals surface area contributed by atoms with E-state index in [1.54, 1.807) is 29.2 Å². The highest BCUT2D eigenvalue weighted by Gasteiger charge is 2.26. The van der Waals surface area contributed by atoms with Gasteiger partial charge in [-0.1, -0.05) is 58.3 Å². The molecule has 14 heteroatoms. The molecule has 1 amide bonds. The predicted molar refractivity (Wildman–Crippen MR) is 162 cm³/mol. The second-order valence-electron chi connectivity index (χ2n) is 10.7. The van der Waals surface area contributed by atoms with Crippen molar-refractivity contribution in [3.8, 4) is 0 Å². The third kappa shape index (κ3) is 17.2. The minimum atomic E-state index is -4.13. The van der Waals surface area contributed by atoms with E-state index in [0.717, 1.165) is 19.3 Å². The molecule has 1 aromatic carbocycles. The van der Waals surface area contributed by atoms with Crippen molar-refractivity contribution in [3.05, 3.63) is 24.3 Å². The molecular weight excluding hydrogens is 588 g/mol. The first-order valence-corrected chi connectivity index (χ1v) is 18.1. The van der Waals surface area contributed by atoms with Crippen molar-refractivity contribution in [1.82, 2.24) is 0 Å². The van der Waals surface area contributed by atoms with E-state index < -0.39 is 37.8 Å². The number of hydrogen-bond acceptors (Lipinski definition) is 9. The summed E-state index contributed by atoms with van der Waals surface area (Å²) in [6.07, 6.45) is 11.1. The summed E-state index contributed by atoms with van der Waals surface area (Å²) in [4.78, 5) is 14.0. The van der Waals surface area contributed by atoms with Crippen molar-refractivity contribution in [2.45, 2.75) is 96.4 Å². The molecule has 0 saturated carbocycles. The quantitative estimate of drug-likeness (QED) is 0.112. The monoisotopic (exact) mass is 636 g/mol. The van der Waals surface area contributed by atoms with E-state index in [-0.39, 0.29) is 44.9 Å². The zero-order chi connectivity index (χ0) is 30.8. The zero-order valence-electron chi connectivity index (χ0n) is 24.6. The fourth-order valence-electron chi connectivity index (χ4n) is 4.69. The normalized spacial score (nSPS) is 17.3. The van der Waals surface area contributed by atoms with Crippen LogP contribution >= 0.6 is 0 Å². The molecule has 2 atom stereocenters. The first-order chi connectivity index (χ1) is 19.9. The summed E-state index contributed by atoms with van der Waals surface area (Å²) >= 11 is 0. The van der Waals surface area contributed by atoms with Crippen LogP contribution in [0.1, 0.15) is 84.0 Å². The lowest BCUT2D eigenvalue weighted by Gasteiger charge is -2.25. The van der Waals surface area contributed by atoms with Crippen LogP contribution < -0.4 is 10.2 Å². The summed E-state index contributed by atoms with van der Waals surface area (Å²) in [5.41, 5.74) is 1.11. The van der Waals surface area contributed by atoms with Crippen molar-refractivity contribution in [3.63, 3.8) is 0 Å². The minimum Gasteiger partial charge on any atom is -0.446 e. The minimum absolute atomic E-state index is 0.0630. The number of amides is 1. The van der Waals surface area contributed by atoms with Gasteiger partial charge in [0.1, 0.15) is 12.7 Å². The highest BCUT2D eigenvalue weighted by atomic mass is 32.2. The fourth-order valence-corrected chi connectivity index (χ4v) is 5.68. The Hall–Kier alpha value is -1.97. The average Bonchev–Trinajstić information content (AvgIpc) is 3.37. The maximum absolute atomic E-state index is 12.3. The van der Waals surface area contributed by atoms with Gasteiger partial charge < -0.3 is 19.1 Å². The van der Waals surface area contributed by atoms with E-state index in [1.807, 2.05) is 0 Å². The van der Waals surface area contributed by atoms with Crippen molar-refractivity contribution in [2.75, 3.05) is 48.0 Å². The number of nitrogens with one attached hydrogen (secondary N) is 1. The lowest BCUT2D eigenvalue weighted by molar-refractivity contribution is -0.0705. The maximum atomic E-state index is 12.3. The smallest absolute Gasteiger partial charge is 0.411 e. The summed E-state index contributed by atoms with van der Waals surface area (Å²) in [5.74, 6) is -0.883. The van der Waals surface area contributed by atoms with Gasteiger partial charge in [0.25, 0.3) is 20.2 Å². The second-order valence-corrected chi connectivity index (χ2v) is 13.8. The Labute approximate surface area is 251 Å². The molecule has 2 rings (SSSR count). The van der Waals surface area contributed by atoms with Crippen LogP contribution in [0.25, 0.3) is 0 Å². The number of unbranched alkanes of at least 4 members (excludes halogenated alkanes) is 8. The Morgan fingerprint density at radius 1 is 0.881 bits per heavy atom. The average molecular weight is 637 g/mol. The van der Waals surface area contributed by atoms with Gasteiger partial charge in [0, 0.05) is 24.5 Å². The lowest BCUT2D eigenvalue weighted by atomic mass is 10.1. The number of ether oxygens (including phenoxy) is 3. The van der Waals surface area contributed by atoms with E-state index in [9.17, 15) is 21.6 Å². The molecule has 1 fully saturated rings. The van der Waals surface area contributed by atoms with Crippen LogP contribution in [-0.2, 0) is 34.4 Å². The second kappa shape index (κ2) is 19.3. The van der Waals surface area contributed by atoms with Crippen molar-refractivity contribution in [2.24, 2.45) is 0 Å². The molecule has 0 aliphatic carbocycles. The van der Waals surface area contributed by atoms with Crippen LogP contribution in [0.2, 0.25) is 0 Å². The molecule has 3 N–H and O–H groups in total. The van der Waals surface area contributed by atoms with E-state index in [2.05, 4.69) is 12.2 Å². The summed E-state index contributed by atoms with van der Waals surface area (Å²) in [7, 11) is -8.27. The Bertz CT molecular complexity index is 1080. The van der Waals surface area contributed by atoms with Gasteiger partial charge in [0.05, 0.1) is 18.1 Å². The largest absolute Gasteiger partial charge is 0.446 e. The summed E-state index contributed by atoms with van der Waals surface area (Å²) in [6.45, 7) is 3.11. The SMILES string of the molecule is CCCCCCCCCCCC1OCC(COC(=O)Nc2ccc(N(CCCS(=O)(=O)O)CCCS(=O)(=O)O)cc2)O1. The highest BCUT2D eigenvalue weighted by Crippen LogP contribution is 2.21. The summed E-state index contributed by atoms with van der Waals surface area (Å²) < 4.78 is 79.0. The molecule has 0 bridgehead atoms. The van der Waals surface area contributed by atoms with E-state index in [1.165, 1.54) is 44.9 Å². The van der Waals surface area contributed by atoms with Crippen LogP contribution in [0, 0.1) is 0 Å². The molecule has 1 saturated heterocycles. The van der Waals surface area contributed by atoms with Gasteiger partial charge in [-0.15, -0.1) is 0 Å². The first kappa shape index (κ1) is 36.2. The van der Waals surface area contributed by atoms with Crippen LogP contribution in [0.3, 0.4) is 0 Å². The molecule has 42 heavy (non-hydrogen) atoms. The maximum Gasteiger partial charge on any atom is 0.411 e. The molecule has 0 radical (unpaired) electrons. The third-order valence-corrected chi connectivity index (χ3v) is 8.50. The number of carbonyl (C=O) groups excluding carboxylic acids is 1. The predicted octanol–water partition coefficient (Wildman–Crippen LogP) is 5.26. The number of anilines is 2. The number of nitrogens with zero attached hydrogens (tertiary/aromatic N) is 1. The van der Waals surface area contributed by atoms with Crippen LogP contribution in [0.4, 0.5) is 16.2 Å². The van der Waals surface area contributed by atoms with Gasteiger partial charge >= 0.3 is 6.09 Å². The van der Waals surface area contributed by atoms with Crippen molar-refractivity contribution >= 4 is 37.7 Å². The summed E-state index contributed by atoms with van der Waals surface area (Å²) in [5, 5.41) is 2.64. The van der Waals surface area contributed by atoms with E-state index in [0.29, 0.717) is 18.0 Å². The standard InChI is InChI=1S/C28H48N2O10S2/c1-2-3-4-5-6-7-8-9-10-13-27-38-22-26(40-27)23-39-28(31)29-24-14-16-25(17-15-24)30(18-11-20-41(32,33)34)19-12-21-42(35,36)37/h14-17,26-27H,2-13,18-23H2,1H3,(H,29,31)(H,32,33,34)(H,35,36,37). The van der Waals surface area contributed by atoms with Crippen LogP contribution in [0.15, 0.2) is 24.3 Å². The lowest BCUT2D eigenvalue weighted by Crippen LogP contribution is -2.28. The number of rotatable bonds is 22. The summed E-state index contributed by atoms with van der Waals surface area (Å²) in [6, 6.07) is 6.63. The molecule has 1 aliphatic heterocycles. The van der Waals surface area contributed by atoms with Crippen molar-refractivity contribution < 1.29 is 44.9 Å². The Morgan fingerprint density at radius 3 is 1.98 bits per heavy atom.